The first kappa shape index (κ1) is 18.6. The van der Waals surface area contributed by atoms with E-state index >= 15 is 0 Å². The standard InChI is InChI=1S/C18H27F2N3O/c1-3-21-18(22-13-15-12-16(19)4-5-17(15)20)23(2)9-6-14-7-10-24-11-8-14/h4-5,12,14H,3,6-11,13H2,1-2H3,(H,21,22). The van der Waals surface area contributed by atoms with E-state index in [1.165, 1.54) is 6.07 Å². The Balaban J connectivity index is 1.94. The fourth-order valence-corrected chi connectivity index (χ4v) is 2.81. The number of ether oxygens (including phenoxy) is 1. The molecular formula is C18H27F2N3O. The van der Waals surface area contributed by atoms with E-state index in [1.54, 1.807) is 0 Å². The summed E-state index contributed by atoms with van der Waals surface area (Å²) in [4.78, 5) is 6.50. The van der Waals surface area contributed by atoms with E-state index in [0.717, 1.165) is 57.7 Å². The van der Waals surface area contributed by atoms with Crippen molar-refractivity contribution in [2.45, 2.75) is 32.7 Å². The van der Waals surface area contributed by atoms with Gasteiger partial charge in [-0.05, 0) is 50.3 Å². The van der Waals surface area contributed by atoms with Crippen LogP contribution >= 0.6 is 0 Å². The molecule has 0 spiro atoms. The van der Waals surface area contributed by atoms with Crippen LogP contribution in [0.1, 0.15) is 31.7 Å². The Labute approximate surface area is 142 Å². The van der Waals surface area contributed by atoms with E-state index in [0.29, 0.717) is 11.9 Å². The average Bonchev–Trinajstić information content (AvgIpc) is 2.60. The minimum absolute atomic E-state index is 0.119. The number of halogens is 2. The summed E-state index contributed by atoms with van der Waals surface area (Å²) >= 11 is 0. The van der Waals surface area contributed by atoms with Crippen LogP contribution in [0.4, 0.5) is 8.78 Å². The molecule has 1 heterocycles. The topological polar surface area (TPSA) is 36.9 Å². The van der Waals surface area contributed by atoms with Gasteiger partial charge in [-0.2, -0.15) is 0 Å². The van der Waals surface area contributed by atoms with Gasteiger partial charge in [-0.15, -0.1) is 0 Å². The Hall–Kier alpha value is -1.69. The maximum Gasteiger partial charge on any atom is 0.193 e. The molecule has 0 aromatic heterocycles. The van der Waals surface area contributed by atoms with E-state index < -0.39 is 11.6 Å². The molecule has 0 amide bonds. The van der Waals surface area contributed by atoms with Crippen molar-refractivity contribution in [1.29, 1.82) is 0 Å². The molecule has 0 saturated carbocycles. The zero-order valence-electron chi connectivity index (χ0n) is 14.5. The van der Waals surface area contributed by atoms with Crippen molar-refractivity contribution in [1.82, 2.24) is 10.2 Å². The van der Waals surface area contributed by atoms with Gasteiger partial charge < -0.3 is 15.0 Å². The molecule has 1 aliphatic rings. The van der Waals surface area contributed by atoms with Crippen LogP contribution in [0.15, 0.2) is 23.2 Å². The summed E-state index contributed by atoms with van der Waals surface area (Å²) in [5, 5.41) is 3.21. The number of aliphatic imine (C=N–C) groups is 1. The summed E-state index contributed by atoms with van der Waals surface area (Å²) in [6.07, 6.45) is 3.30. The normalized spacial score (nSPS) is 16.2. The number of nitrogens with zero attached hydrogens (tertiary/aromatic N) is 2. The van der Waals surface area contributed by atoms with Gasteiger partial charge in [0, 0.05) is 38.9 Å². The molecule has 6 heteroatoms. The molecule has 1 N–H and O–H groups in total. The molecule has 0 bridgehead atoms. The SMILES string of the molecule is CCNC(=NCc1cc(F)ccc1F)N(C)CCC1CCOCC1. The zero-order chi connectivity index (χ0) is 17.4. The van der Waals surface area contributed by atoms with Crippen molar-refractivity contribution in [3.63, 3.8) is 0 Å². The van der Waals surface area contributed by atoms with E-state index in [4.69, 9.17) is 4.74 Å². The lowest BCUT2D eigenvalue weighted by Crippen LogP contribution is -2.40. The lowest BCUT2D eigenvalue weighted by atomic mass is 9.96. The van der Waals surface area contributed by atoms with Crippen LogP contribution in [0.2, 0.25) is 0 Å². The highest BCUT2D eigenvalue weighted by atomic mass is 19.1. The third-order valence-corrected chi connectivity index (χ3v) is 4.32. The highest BCUT2D eigenvalue weighted by Crippen LogP contribution is 2.18. The third-order valence-electron chi connectivity index (χ3n) is 4.32. The largest absolute Gasteiger partial charge is 0.381 e. The lowest BCUT2D eigenvalue weighted by Gasteiger charge is -2.26. The molecule has 24 heavy (non-hydrogen) atoms. The monoisotopic (exact) mass is 339 g/mol. The first-order chi connectivity index (χ1) is 11.6. The molecule has 2 rings (SSSR count). The van der Waals surface area contributed by atoms with Crippen LogP contribution in [0.25, 0.3) is 0 Å². The maximum atomic E-state index is 13.7. The van der Waals surface area contributed by atoms with Gasteiger partial charge in [0.15, 0.2) is 5.96 Å². The summed E-state index contributed by atoms with van der Waals surface area (Å²) in [5.41, 5.74) is 0.267. The summed E-state index contributed by atoms with van der Waals surface area (Å²) in [6, 6.07) is 3.46. The molecule has 4 nitrogen and oxygen atoms in total. The number of nitrogens with one attached hydrogen (secondary N) is 1. The number of rotatable bonds is 6. The number of hydrogen-bond donors (Lipinski definition) is 1. The second-order valence-corrected chi connectivity index (χ2v) is 6.17. The molecule has 0 atom stereocenters. The van der Waals surface area contributed by atoms with E-state index in [1.807, 2.05) is 14.0 Å². The Morgan fingerprint density at radius 3 is 2.79 bits per heavy atom. The summed E-state index contributed by atoms with van der Waals surface area (Å²) in [5.74, 6) is 0.526. The van der Waals surface area contributed by atoms with Gasteiger partial charge in [-0.25, -0.2) is 13.8 Å². The molecule has 0 aliphatic carbocycles. The fourth-order valence-electron chi connectivity index (χ4n) is 2.81. The molecule has 1 fully saturated rings. The van der Waals surface area contributed by atoms with Gasteiger partial charge in [0.1, 0.15) is 11.6 Å². The fraction of sp³-hybridized carbons (Fsp3) is 0.611. The van der Waals surface area contributed by atoms with Crippen LogP contribution in [0.3, 0.4) is 0 Å². The first-order valence-electron chi connectivity index (χ1n) is 8.61. The van der Waals surface area contributed by atoms with E-state index in [-0.39, 0.29) is 12.1 Å². The molecule has 0 unspecified atom stereocenters. The molecule has 0 radical (unpaired) electrons. The molecule has 1 aromatic carbocycles. The minimum Gasteiger partial charge on any atom is -0.381 e. The van der Waals surface area contributed by atoms with E-state index in [9.17, 15) is 8.78 Å². The van der Waals surface area contributed by atoms with Gasteiger partial charge in [0.2, 0.25) is 0 Å². The highest BCUT2D eigenvalue weighted by molar-refractivity contribution is 5.79. The predicted octanol–water partition coefficient (Wildman–Crippen LogP) is 3.18. The third kappa shape index (κ3) is 5.74. The van der Waals surface area contributed by atoms with Crippen LogP contribution < -0.4 is 5.32 Å². The zero-order valence-corrected chi connectivity index (χ0v) is 14.5. The smallest absolute Gasteiger partial charge is 0.193 e. The molecule has 134 valence electrons. The Morgan fingerprint density at radius 1 is 1.33 bits per heavy atom. The summed E-state index contributed by atoms with van der Waals surface area (Å²) < 4.78 is 32.4. The summed E-state index contributed by atoms with van der Waals surface area (Å²) in [6.45, 7) is 5.41. The van der Waals surface area contributed by atoms with Crippen molar-refractivity contribution in [3.05, 3.63) is 35.4 Å². The predicted molar refractivity (Wildman–Crippen MR) is 92.0 cm³/mol. The molecule has 1 aromatic rings. The Bertz CT molecular complexity index is 545. The first-order valence-corrected chi connectivity index (χ1v) is 8.61. The van der Waals surface area contributed by atoms with Crippen LogP contribution in [0, 0.1) is 17.6 Å². The number of benzene rings is 1. The minimum atomic E-state index is -0.445. The molecule has 1 saturated heterocycles. The highest BCUT2D eigenvalue weighted by Gasteiger charge is 2.15. The Morgan fingerprint density at radius 2 is 2.08 bits per heavy atom. The van der Waals surface area contributed by atoms with Gasteiger partial charge in [0.25, 0.3) is 0 Å². The second kappa shape index (κ2) is 9.57. The molecule has 1 aliphatic heterocycles. The second-order valence-electron chi connectivity index (χ2n) is 6.17. The van der Waals surface area contributed by atoms with Crippen molar-refractivity contribution in [3.8, 4) is 0 Å². The quantitative estimate of drug-likeness (QED) is 0.639. The van der Waals surface area contributed by atoms with Gasteiger partial charge in [-0.1, -0.05) is 0 Å². The summed E-state index contributed by atoms with van der Waals surface area (Å²) in [7, 11) is 1.97. The van der Waals surface area contributed by atoms with Crippen molar-refractivity contribution >= 4 is 5.96 Å². The van der Waals surface area contributed by atoms with Crippen LogP contribution in [0.5, 0.6) is 0 Å². The number of hydrogen-bond acceptors (Lipinski definition) is 2. The van der Waals surface area contributed by atoms with Gasteiger partial charge in [-0.3, -0.25) is 0 Å². The lowest BCUT2D eigenvalue weighted by molar-refractivity contribution is 0.0625. The van der Waals surface area contributed by atoms with Gasteiger partial charge in [0.05, 0.1) is 6.54 Å². The van der Waals surface area contributed by atoms with Crippen LogP contribution in [-0.2, 0) is 11.3 Å². The van der Waals surface area contributed by atoms with Crippen molar-refractivity contribution in [2.24, 2.45) is 10.9 Å². The van der Waals surface area contributed by atoms with Gasteiger partial charge >= 0.3 is 0 Å². The Kier molecular flexibility index (Phi) is 7.43. The maximum absolute atomic E-state index is 13.7. The number of guanidine groups is 1. The van der Waals surface area contributed by atoms with Crippen LogP contribution in [-0.4, -0.2) is 44.2 Å². The van der Waals surface area contributed by atoms with Crippen molar-refractivity contribution in [2.75, 3.05) is 33.4 Å². The van der Waals surface area contributed by atoms with E-state index in [2.05, 4.69) is 15.2 Å². The molecular weight excluding hydrogens is 312 g/mol. The van der Waals surface area contributed by atoms with Crippen molar-refractivity contribution < 1.29 is 13.5 Å². The average molecular weight is 339 g/mol.